The zero-order valence-electron chi connectivity index (χ0n) is 3.90. The third-order valence-electron chi connectivity index (χ3n) is 0. The first-order chi connectivity index (χ1) is 0. The van der Waals surface area contributed by atoms with Gasteiger partial charge in [-0.1, -0.05) is 0 Å². The molecule has 0 bridgehead atoms. The fourth-order valence-corrected chi connectivity index (χ4v) is 0. The Labute approximate surface area is 68.2 Å². The molecule has 0 unspecified atom stereocenters. The van der Waals surface area contributed by atoms with Crippen molar-refractivity contribution in [1.82, 2.24) is 0 Å². The molecule has 0 aromatic rings. The molecule has 0 aromatic heterocycles. The molecule has 0 aliphatic heterocycles. The average molecular weight is 214 g/mol. The molecule has 0 saturated carbocycles. The van der Waals surface area contributed by atoms with Crippen LogP contribution in [0.2, 0.25) is 0 Å². The summed E-state index contributed by atoms with van der Waals surface area (Å²) in [6.07, 6.45) is 0. The quantitative estimate of drug-likeness (QED) is 0.491. The molecule has 0 aliphatic rings. The Bertz CT molecular complexity index is 13.5. The van der Waals surface area contributed by atoms with Crippen LogP contribution in [0, 0.1) is 0 Å². The molecular formula is H2BeCrMnMo. The van der Waals surface area contributed by atoms with E-state index in [4.69, 9.17) is 0 Å². The van der Waals surface area contributed by atoms with Crippen molar-refractivity contribution in [1.29, 1.82) is 0 Å². The number of rotatable bonds is 0. The van der Waals surface area contributed by atoms with E-state index < -0.39 is 0 Å². The molecule has 0 amide bonds. The van der Waals surface area contributed by atoms with E-state index in [0.717, 1.165) is 0 Å². The van der Waals surface area contributed by atoms with E-state index >= 15 is 0 Å². The van der Waals surface area contributed by atoms with Crippen LogP contribution in [0.3, 0.4) is 0 Å². The summed E-state index contributed by atoms with van der Waals surface area (Å²) in [6, 6.07) is 0. The van der Waals surface area contributed by atoms with Crippen LogP contribution in [0.1, 0.15) is 2.85 Å². The SMILES string of the molecule is [Be+2].[Cr].[H-].[H-].[Mn].[Mo]. The first-order valence-corrected chi connectivity index (χ1v) is 0. The molecular weight excluding hydrogens is 212 g/mol. The summed E-state index contributed by atoms with van der Waals surface area (Å²) in [6.45, 7) is 0. The van der Waals surface area contributed by atoms with Crippen molar-refractivity contribution in [2.75, 3.05) is 0 Å². The summed E-state index contributed by atoms with van der Waals surface area (Å²) in [4.78, 5) is 0. The molecule has 4 heteroatoms. The minimum Gasteiger partial charge on any atom is -1.00 e. The zero-order chi connectivity index (χ0) is 0. The maximum atomic E-state index is 0. The summed E-state index contributed by atoms with van der Waals surface area (Å²) < 4.78 is 0. The second-order valence-electron chi connectivity index (χ2n) is 0. The number of hydrogen-bond acceptors (Lipinski definition) is 0. The molecule has 0 rings (SSSR count). The van der Waals surface area contributed by atoms with E-state index in [1.165, 1.54) is 0 Å². The average Bonchev–Trinajstić information content (AvgIpc) is 0. The van der Waals surface area contributed by atoms with E-state index in [0.29, 0.717) is 0 Å². The van der Waals surface area contributed by atoms with Crippen LogP contribution in [-0.2, 0) is 55.5 Å². The summed E-state index contributed by atoms with van der Waals surface area (Å²) in [7, 11) is 0. The maximum absolute atomic E-state index is 0. The third kappa shape index (κ3) is 9.08. The van der Waals surface area contributed by atoms with Crippen molar-refractivity contribution in [3.63, 3.8) is 0 Å². The molecule has 0 fully saturated rings. The van der Waals surface area contributed by atoms with Crippen LogP contribution in [0.4, 0.5) is 0 Å². The molecule has 0 aromatic carbocycles. The second kappa shape index (κ2) is 20.6. The van der Waals surface area contributed by atoms with Crippen LogP contribution in [0.25, 0.3) is 0 Å². The molecule has 0 heterocycles. The van der Waals surface area contributed by atoms with Crippen molar-refractivity contribution >= 4 is 10.1 Å². The summed E-state index contributed by atoms with van der Waals surface area (Å²) >= 11 is 0. The van der Waals surface area contributed by atoms with Gasteiger partial charge in [0.05, 0.1) is 0 Å². The van der Waals surface area contributed by atoms with Crippen molar-refractivity contribution in [2.45, 2.75) is 0 Å². The van der Waals surface area contributed by atoms with Gasteiger partial charge in [0.15, 0.2) is 0 Å². The third-order valence-corrected chi connectivity index (χ3v) is 0. The van der Waals surface area contributed by atoms with E-state index in [-0.39, 0.29) is 68.5 Å². The minimum absolute atomic E-state index is 0. The van der Waals surface area contributed by atoms with Gasteiger partial charge in [0.2, 0.25) is 0 Å². The van der Waals surface area contributed by atoms with Crippen molar-refractivity contribution in [2.24, 2.45) is 0 Å². The fourth-order valence-electron chi connectivity index (χ4n) is 0. The largest absolute Gasteiger partial charge is 2.00 e. The summed E-state index contributed by atoms with van der Waals surface area (Å²) in [5, 5.41) is 0. The molecule has 1 radical (unpaired) electrons. The van der Waals surface area contributed by atoms with Crippen LogP contribution < -0.4 is 0 Å². The molecule has 0 atom stereocenters. The molecule has 23 valence electrons. The maximum Gasteiger partial charge on any atom is 2.00 e. The van der Waals surface area contributed by atoms with Crippen molar-refractivity contribution in [3.05, 3.63) is 0 Å². The van der Waals surface area contributed by atoms with Gasteiger partial charge in [-0.2, -0.15) is 0 Å². The Hall–Kier alpha value is 1.91. The van der Waals surface area contributed by atoms with Crippen LogP contribution >= 0.6 is 0 Å². The Morgan fingerprint density at radius 2 is 1.25 bits per heavy atom. The Balaban J connectivity index is 0. The Morgan fingerprint density at radius 1 is 1.25 bits per heavy atom. The Morgan fingerprint density at radius 3 is 1.25 bits per heavy atom. The van der Waals surface area contributed by atoms with Gasteiger partial charge in [0, 0.05) is 55.5 Å². The molecule has 0 nitrogen and oxygen atoms in total. The molecule has 0 spiro atoms. The molecule has 0 aliphatic carbocycles. The molecule has 0 saturated heterocycles. The second-order valence-corrected chi connectivity index (χ2v) is 0. The topological polar surface area (TPSA) is 0 Å². The van der Waals surface area contributed by atoms with Crippen molar-refractivity contribution < 1.29 is 58.3 Å². The summed E-state index contributed by atoms with van der Waals surface area (Å²) in [5.74, 6) is 0. The van der Waals surface area contributed by atoms with Gasteiger partial charge < -0.3 is 2.85 Å². The fraction of sp³-hybridized carbons (Fsp3) is 0. The zero-order valence-corrected chi connectivity index (χ0v) is 6.36. The van der Waals surface area contributed by atoms with E-state index in [1.54, 1.807) is 0 Å². The smallest absolute Gasteiger partial charge is 1.00 e. The normalized spacial score (nSPS) is 0. The van der Waals surface area contributed by atoms with Crippen LogP contribution in [0.15, 0.2) is 0 Å². The van der Waals surface area contributed by atoms with E-state index in [2.05, 4.69) is 0 Å². The predicted molar refractivity (Wildman–Crippen MR) is 7.98 cm³/mol. The van der Waals surface area contributed by atoms with Gasteiger partial charge in [0.25, 0.3) is 0 Å². The standard InChI is InChI=1S/Be.Cr.Mn.Mo.2H/q+2;;;;2*-1. The molecule has 4 heavy (non-hydrogen) atoms. The monoisotopic (exact) mass is 216 g/mol. The van der Waals surface area contributed by atoms with Gasteiger partial charge in [-0.15, -0.1) is 0 Å². The Kier molecular flexibility index (Phi) is 201. The van der Waals surface area contributed by atoms with E-state index in [9.17, 15) is 0 Å². The minimum atomic E-state index is 0. The van der Waals surface area contributed by atoms with Gasteiger partial charge in [-0.05, 0) is 0 Å². The van der Waals surface area contributed by atoms with Crippen LogP contribution in [-0.4, -0.2) is 10.1 Å². The first kappa shape index (κ1) is 39.1. The predicted octanol–water partition coefficient (Wildman–Crippen LogP) is -0.163. The van der Waals surface area contributed by atoms with E-state index in [1.807, 2.05) is 0 Å². The first-order valence-electron chi connectivity index (χ1n) is 0. The van der Waals surface area contributed by atoms with Crippen molar-refractivity contribution in [3.8, 4) is 0 Å². The summed E-state index contributed by atoms with van der Waals surface area (Å²) in [5.41, 5.74) is 0. The van der Waals surface area contributed by atoms with Gasteiger partial charge >= 0.3 is 10.1 Å². The number of hydrogen-bond donors (Lipinski definition) is 0. The molecule has 0 N–H and O–H groups in total. The van der Waals surface area contributed by atoms with Gasteiger partial charge in [0.1, 0.15) is 0 Å². The van der Waals surface area contributed by atoms with Gasteiger partial charge in [-0.3, -0.25) is 0 Å². The van der Waals surface area contributed by atoms with Crippen LogP contribution in [0.5, 0.6) is 0 Å². The van der Waals surface area contributed by atoms with Gasteiger partial charge in [-0.25, -0.2) is 0 Å².